The summed E-state index contributed by atoms with van der Waals surface area (Å²) in [5, 5.41) is 8.21. The molecule has 0 saturated heterocycles. The van der Waals surface area contributed by atoms with Gasteiger partial charge in [-0.15, -0.1) is 0 Å². The standard InChI is InChI=1S/C15H14N2/c1-3-8-14(9-4-1)10-7-13-16-17-15-11-5-2-6-12-15/h1-12H,13H2. The first-order chi connectivity index (χ1) is 8.45. The predicted octanol–water partition coefficient (Wildman–Crippen LogP) is 4.48. The summed E-state index contributed by atoms with van der Waals surface area (Å²) >= 11 is 0. The third-order valence-electron chi connectivity index (χ3n) is 2.24. The molecule has 0 aliphatic heterocycles. The third kappa shape index (κ3) is 4.03. The zero-order chi connectivity index (χ0) is 11.8. The molecule has 2 aromatic carbocycles. The van der Waals surface area contributed by atoms with Crippen molar-refractivity contribution in [3.8, 4) is 0 Å². The van der Waals surface area contributed by atoms with Gasteiger partial charge in [0.25, 0.3) is 0 Å². The minimum absolute atomic E-state index is 0.601. The highest BCUT2D eigenvalue weighted by molar-refractivity contribution is 5.48. The molecule has 0 fully saturated rings. The van der Waals surface area contributed by atoms with Gasteiger partial charge in [-0.05, 0) is 17.7 Å². The Morgan fingerprint density at radius 2 is 1.47 bits per heavy atom. The fourth-order valence-corrected chi connectivity index (χ4v) is 1.42. The average molecular weight is 222 g/mol. The van der Waals surface area contributed by atoms with E-state index < -0.39 is 0 Å². The average Bonchev–Trinajstić information content (AvgIpc) is 2.41. The van der Waals surface area contributed by atoms with Crippen LogP contribution in [0, 0.1) is 0 Å². The van der Waals surface area contributed by atoms with E-state index in [1.807, 2.05) is 60.7 Å². The van der Waals surface area contributed by atoms with Crippen LogP contribution < -0.4 is 0 Å². The first-order valence-corrected chi connectivity index (χ1v) is 5.59. The predicted molar refractivity (Wildman–Crippen MR) is 71.3 cm³/mol. The molecule has 2 nitrogen and oxygen atoms in total. The van der Waals surface area contributed by atoms with E-state index in [9.17, 15) is 0 Å². The SMILES string of the molecule is C(=Cc1ccccc1)CN=Nc1ccccc1. The zero-order valence-electron chi connectivity index (χ0n) is 9.53. The summed E-state index contributed by atoms with van der Waals surface area (Å²) < 4.78 is 0. The van der Waals surface area contributed by atoms with E-state index in [1.165, 1.54) is 5.56 Å². The molecule has 0 spiro atoms. The van der Waals surface area contributed by atoms with Crippen LogP contribution in [0.2, 0.25) is 0 Å². The Bertz CT molecular complexity index is 439. The summed E-state index contributed by atoms with van der Waals surface area (Å²) in [6.45, 7) is 0.601. The van der Waals surface area contributed by atoms with Gasteiger partial charge in [0, 0.05) is 0 Å². The monoisotopic (exact) mass is 222 g/mol. The van der Waals surface area contributed by atoms with Gasteiger partial charge in [-0.2, -0.15) is 10.2 Å². The summed E-state index contributed by atoms with van der Waals surface area (Å²) in [6.07, 6.45) is 4.05. The highest BCUT2D eigenvalue weighted by Gasteiger charge is 1.84. The van der Waals surface area contributed by atoms with Crippen molar-refractivity contribution in [3.05, 3.63) is 72.3 Å². The molecular formula is C15H14N2. The summed E-state index contributed by atoms with van der Waals surface area (Å²) in [6, 6.07) is 19.9. The molecule has 0 aromatic heterocycles. The number of benzene rings is 2. The van der Waals surface area contributed by atoms with Crippen molar-refractivity contribution in [1.82, 2.24) is 0 Å². The Labute approximate surface area is 101 Å². The Hall–Kier alpha value is -2.22. The van der Waals surface area contributed by atoms with Gasteiger partial charge in [-0.25, -0.2) is 0 Å². The van der Waals surface area contributed by atoms with Crippen LogP contribution in [0.1, 0.15) is 5.56 Å². The van der Waals surface area contributed by atoms with Crippen LogP contribution in [0.3, 0.4) is 0 Å². The Balaban J connectivity index is 1.84. The van der Waals surface area contributed by atoms with Gasteiger partial charge in [0.2, 0.25) is 0 Å². The second-order valence-electron chi connectivity index (χ2n) is 3.57. The first kappa shape index (κ1) is 11.3. The van der Waals surface area contributed by atoms with Crippen molar-refractivity contribution >= 4 is 11.8 Å². The largest absolute Gasteiger partial charge is 0.184 e. The molecule has 2 aromatic rings. The molecule has 0 radical (unpaired) electrons. The van der Waals surface area contributed by atoms with E-state index in [2.05, 4.69) is 22.4 Å². The van der Waals surface area contributed by atoms with Crippen LogP contribution in [0.5, 0.6) is 0 Å². The molecule has 17 heavy (non-hydrogen) atoms. The van der Waals surface area contributed by atoms with Crippen LogP contribution in [-0.2, 0) is 0 Å². The third-order valence-corrected chi connectivity index (χ3v) is 2.24. The van der Waals surface area contributed by atoms with Crippen molar-refractivity contribution in [2.45, 2.75) is 0 Å². The second kappa shape index (κ2) is 6.38. The van der Waals surface area contributed by atoms with E-state index in [4.69, 9.17) is 0 Å². The molecule has 2 heteroatoms. The highest BCUT2D eigenvalue weighted by Crippen LogP contribution is 2.09. The molecule has 0 bridgehead atoms. The van der Waals surface area contributed by atoms with Gasteiger partial charge in [-0.1, -0.05) is 60.7 Å². The lowest BCUT2D eigenvalue weighted by Crippen LogP contribution is -1.72. The molecule has 0 heterocycles. The Morgan fingerprint density at radius 3 is 2.18 bits per heavy atom. The molecule has 0 atom stereocenters. The van der Waals surface area contributed by atoms with Gasteiger partial charge in [-0.3, -0.25) is 0 Å². The lowest BCUT2D eigenvalue weighted by molar-refractivity contribution is 1.07. The van der Waals surface area contributed by atoms with E-state index >= 15 is 0 Å². The van der Waals surface area contributed by atoms with Gasteiger partial charge in [0.05, 0.1) is 12.2 Å². The van der Waals surface area contributed by atoms with E-state index in [0.29, 0.717) is 6.54 Å². The quantitative estimate of drug-likeness (QED) is 0.681. The van der Waals surface area contributed by atoms with Crippen LogP contribution in [0.15, 0.2) is 77.0 Å². The van der Waals surface area contributed by atoms with E-state index in [-0.39, 0.29) is 0 Å². The minimum Gasteiger partial charge on any atom is -0.184 e. The van der Waals surface area contributed by atoms with Crippen LogP contribution >= 0.6 is 0 Å². The lowest BCUT2D eigenvalue weighted by Gasteiger charge is -1.90. The second-order valence-corrected chi connectivity index (χ2v) is 3.57. The fourth-order valence-electron chi connectivity index (χ4n) is 1.42. The fraction of sp³-hybridized carbons (Fsp3) is 0.0667. The van der Waals surface area contributed by atoms with Crippen molar-refractivity contribution in [1.29, 1.82) is 0 Å². The summed E-state index contributed by atoms with van der Waals surface area (Å²) in [7, 11) is 0. The smallest absolute Gasteiger partial charge is 0.0852 e. The number of hydrogen-bond donors (Lipinski definition) is 0. The summed E-state index contributed by atoms with van der Waals surface area (Å²) in [4.78, 5) is 0. The molecule has 0 aliphatic carbocycles. The van der Waals surface area contributed by atoms with Gasteiger partial charge >= 0.3 is 0 Å². The normalized spacial score (nSPS) is 11.3. The topological polar surface area (TPSA) is 24.7 Å². The van der Waals surface area contributed by atoms with Crippen LogP contribution in [0.25, 0.3) is 6.08 Å². The van der Waals surface area contributed by atoms with Gasteiger partial charge < -0.3 is 0 Å². The van der Waals surface area contributed by atoms with Crippen molar-refractivity contribution in [3.63, 3.8) is 0 Å². The Kier molecular flexibility index (Phi) is 4.23. The van der Waals surface area contributed by atoms with Gasteiger partial charge in [0.15, 0.2) is 0 Å². The minimum atomic E-state index is 0.601. The summed E-state index contributed by atoms with van der Waals surface area (Å²) in [5.74, 6) is 0. The molecule has 2 rings (SSSR count). The lowest BCUT2D eigenvalue weighted by atomic mass is 10.2. The van der Waals surface area contributed by atoms with Crippen molar-refractivity contribution < 1.29 is 0 Å². The highest BCUT2D eigenvalue weighted by atomic mass is 15.1. The Morgan fingerprint density at radius 1 is 0.824 bits per heavy atom. The molecule has 84 valence electrons. The number of hydrogen-bond acceptors (Lipinski definition) is 2. The van der Waals surface area contributed by atoms with Crippen LogP contribution in [-0.4, -0.2) is 6.54 Å². The maximum absolute atomic E-state index is 4.11. The van der Waals surface area contributed by atoms with Gasteiger partial charge in [0.1, 0.15) is 0 Å². The molecule has 0 amide bonds. The maximum atomic E-state index is 4.11. The number of rotatable bonds is 4. The molecule has 0 N–H and O–H groups in total. The maximum Gasteiger partial charge on any atom is 0.0852 e. The number of nitrogens with zero attached hydrogens (tertiary/aromatic N) is 2. The first-order valence-electron chi connectivity index (χ1n) is 5.59. The van der Waals surface area contributed by atoms with E-state index in [0.717, 1.165) is 5.69 Å². The van der Waals surface area contributed by atoms with Crippen LogP contribution in [0.4, 0.5) is 5.69 Å². The van der Waals surface area contributed by atoms with Crippen molar-refractivity contribution in [2.75, 3.05) is 6.54 Å². The molecular weight excluding hydrogens is 208 g/mol. The number of azo groups is 1. The molecule has 0 saturated carbocycles. The summed E-state index contributed by atoms with van der Waals surface area (Å²) in [5.41, 5.74) is 2.07. The van der Waals surface area contributed by atoms with E-state index in [1.54, 1.807) is 0 Å². The van der Waals surface area contributed by atoms with Crippen molar-refractivity contribution in [2.24, 2.45) is 10.2 Å². The zero-order valence-corrected chi connectivity index (χ0v) is 9.53. The molecule has 0 unspecified atom stereocenters. The molecule has 0 aliphatic rings.